The molecule has 0 amide bonds. The lowest BCUT2D eigenvalue weighted by atomic mass is 9.53. The van der Waals surface area contributed by atoms with E-state index in [1.807, 2.05) is 0 Å². The van der Waals surface area contributed by atoms with Crippen LogP contribution in [0.4, 0.5) is 17.8 Å². The summed E-state index contributed by atoms with van der Waals surface area (Å²) in [6.07, 6.45) is 12.4. The number of nitrogens with zero attached hydrogens (tertiary/aromatic N) is 3. The van der Waals surface area contributed by atoms with Crippen molar-refractivity contribution < 1.29 is 5.11 Å². The molecule has 27 heavy (non-hydrogen) atoms. The predicted octanol–water partition coefficient (Wildman–Crippen LogP) is 3.01. The fourth-order valence-electron chi connectivity index (χ4n) is 6.09. The zero-order valence-electron chi connectivity index (χ0n) is 16.1. The Kier molecular flexibility index (Phi) is 4.58. The lowest BCUT2D eigenvalue weighted by Crippen LogP contribution is -2.55. The van der Waals surface area contributed by atoms with Crippen LogP contribution < -0.4 is 16.0 Å². The highest BCUT2D eigenvalue weighted by atomic mass is 16.3. The largest absolute Gasteiger partial charge is 0.396 e. The Labute approximate surface area is 161 Å². The molecule has 0 radical (unpaired) electrons. The molecule has 5 fully saturated rings. The molecule has 148 valence electrons. The van der Waals surface area contributed by atoms with Crippen molar-refractivity contribution in [3.8, 4) is 0 Å². The molecule has 1 aromatic rings. The average molecular weight is 373 g/mol. The van der Waals surface area contributed by atoms with E-state index in [2.05, 4.69) is 25.9 Å². The van der Waals surface area contributed by atoms with E-state index in [0.717, 1.165) is 17.8 Å². The van der Waals surface area contributed by atoms with Crippen LogP contribution in [0.3, 0.4) is 0 Å². The van der Waals surface area contributed by atoms with E-state index < -0.39 is 0 Å². The van der Waals surface area contributed by atoms with Crippen LogP contribution in [-0.2, 0) is 0 Å². The average Bonchev–Trinajstić information content (AvgIpc) is 2.57. The Morgan fingerprint density at radius 3 is 2.11 bits per heavy atom. The minimum Gasteiger partial charge on any atom is -0.396 e. The summed E-state index contributed by atoms with van der Waals surface area (Å²) in [6.45, 7) is 0.837. The second kappa shape index (κ2) is 7.08. The highest BCUT2D eigenvalue weighted by Crippen LogP contribution is 2.56. The molecular weight excluding hydrogens is 340 g/mol. The van der Waals surface area contributed by atoms with E-state index in [-0.39, 0.29) is 12.1 Å². The Morgan fingerprint density at radius 2 is 1.52 bits per heavy atom. The van der Waals surface area contributed by atoms with Crippen LogP contribution in [0, 0.1) is 17.8 Å². The molecule has 5 saturated carbocycles. The summed E-state index contributed by atoms with van der Waals surface area (Å²) in [5, 5.41) is 19.5. The van der Waals surface area contributed by atoms with Crippen LogP contribution in [0.1, 0.15) is 64.2 Å². The zero-order chi connectivity index (χ0) is 18.3. The van der Waals surface area contributed by atoms with Crippen LogP contribution in [0.15, 0.2) is 0 Å². The number of hydrogen-bond acceptors (Lipinski definition) is 7. The van der Waals surface area contributed by atoms with Gasteiger partial charge in [0.25, 0.3) is 0 Å². The molecule has 7 heteroatoms. The first-order valence-corrected chi connectivity index (χ1v) is 10.9. The summed E-state index contributed by atoms with van der Waals surface area (Å²) in [4.78, 5) is 13.9. The smallest absolute Gasteiger partial charge is 0.229 e. The molecule has 4 N–H and O–H groups in total. The molecule has 1 heterocycles. The van der Waals surface area contributed by atoms with Gasteiger partial charge in [0.2, 0.25) is 17.8 Å². The van der Waals surface area contributed by atoms with Crippen LogP contribution >= 0.6 is 0 Å². The quantitative estimate of drug-likeness (QED) is 0.521. The summed E-state index contributed by atoms with van der Waals surface area (Å²) < 4.78 is 0. The third-order valence-corrected chi connectivity index (χ3v) is 7.11. The minimum atomic E-state index is 0.170. The molecular formula is C20H32N6O. The number of anilines is 3. The molecule has 0 unspecified atom stereocenters. The second-order valence-corrected chi connectivity index (χ2v) is 9.41. The molecule has 6 rings (SSSR count). The molecule has 0 aliphatic heterocycles. The predicted molar refractivity (Wildman–Crippen MR) is 106 cm³/mol. The van der Waals surface area contributed by atoms with Crippen molar-refractivity contribution in [1.82, 2.24) is 15.0 Å². The molecule has 1 aromatic heterocycles. The Balaban J connectivity index is 1.35. The lowest BCUT2D eigenvalue weighted by molar-refractivity contribution is 0.0103. The standard InChI is InChI=1S/C20H32N6O/c27-6-2-5-21-17-23-18(22-16-3-1-4-16)25-19(24-17)26-20-10-13-7-14(11-20)9-15(8-13)12-20/h13-16,27H,1-12H2,(H3,21,22,23,24,25,26). The monoisotopic (exact) mass is 372 g/mol. The lowest BCUT2D eigenvalue weighted by Gasteiger charge is -2.56. The molecule has 7 nitrogen and oxygen atoms in total. The second-order valence-electron chi connectivity index (χ2n) is 9.41. The summed E-state index contributed by atoms with van der Waals surface area (Å²) in [6, 6.07) is 0.491. The normalized spacial score (nSPS) is 34.3. The summed E-state index contributed by atoms with van der Waals surface area (Å²) in [5.74, 6) is 4.65. The van der Waals surface area contributed by atoms with Gasteiger partial charge < -0.3 is 21.1 Å². The van der Waals surface area contributed by atoms with Gasteiger partial charge in [0.15, 0.2) is 0 Å². The Hall–Kier alpha value is -1.63. The van der Waals surface area contributed by atoms with E-state index in [9.17, 15) is 0 Å². The summed E-state index contributed by atoms with van der Waals surface area (Å²) in [5.41, 5.74) is 0.187. The third kappa shape index (κ3) is 3.71. The number of aliphatic hydroxyl groups is 1. The van der Waals surface area contributed by atoms with Gasteiger partial charge in [0, 0.05) is 24.7 Å². The van der Waals surface area contributed by atoms with Crippen LogP contribution in [0.2, 0.25) is 0 Å². The van der Waals surface area contributed by atoms with Gasteiger partial charge in [-0.25, -0.2) is 0 Å². The fourth-order valence-corrected chi connectivity index (χ4v) is 6.09. The number of aliphatic hydroxyl groups excluding tert-OH is 1. The van der Waals surface area contributed by atoms with Crippen LogP contribution in [0.5, 0.6) is 0 Å². The molecule has 0 saturated heterocycles. The summed E-state index contributed by atoms with van der Waals surface area (Å²) >= 11 is 0. The van der Waals surface area contributed by atoms with Gasteiger partial charge in [-0.3, -0.25) is 0 Å². The van der Waals surface area contributed by atoms with E-state index in [4.69, 9.17) is 10.1 Å². The Morgan fingerprint density at radius 1 is 0.889 bits per heavy atom. The van der Waals surface area contributed by atoms with E-state index >= 15 is 0 Å². The molecule has 0 spiro atoms. The first-order chi connectivity index (χ1) is 13.2. The van der Waals surface area contributed by atoms with Gasteiger partial charge in [-0.15, -0.1) is 0 Å². The topological polar surface area (TPSA) is 95.0 Å². The third-order valence-electron chi connectivity index (χ3n) is 7.11. The van der Waals surface area contributed by atoms with Gasteiger partial charge in [0.1, 0.15) is 0 Å². The van der Waals surface area contributed by atoms with Gasteiger partial charge in [-0.2, -0.15) is 15.0 Å². The van der Waals surface area contributed by atoms with Gasteiger partial charge in [-0.05, 0) is 82.0 Å². The van der Waals surface area contributed by atoms with Crippen molar-refractivity contribution in [1.29, 1.82) is 0 Å². The van der Waals surface area contributed by atoms with Gasteiger partial charge in [0.05, 0.1) is 0 Å². The first kappa shape index (κ1) is 17.5. The van der Waals surface area contributed by atoms with Crippen molar-refractivity contribution in [2.24, 2.45) is 17.8 Å². The minimum absolute atomic E-state index is 0.170. The van der Waals surface area contributed by atoms with Crippen molar-refractivity contribution in [2.45, 2.75) is 75.8 Å². The Bertz CT molecular complexity index is 641. The van der Waals surface area contributed by atoms with Crippen molar-refractivity contribution >= 4 is 17.8 Å². The van der Waals surface area contributed by atoms with Crippen LogP contribution in [0.25, 0.3) is 0 Å². The van der Waals surface area contributed by atoms with Crippen LogP contribution in [-0.4, -0.2) is 44.8 Å². The molecule has 4 bridgehead atoms. The number of nitrogens with one attached hydrogen (secondary N) is 3. The maximum atomic E-state index is 9.04. The van der Waals surface area contributed by atoms with Crippen molar-refractivity contribution in [2.75, 3.05) is 29.1 Å². The first-order valence-electron chi connectivity index (χ1n) is 10.9. The number of aromatic nitrogens is 3. The number of rotatable bonds is 8. The maximum absolute atomic E-state index is 9.04. The van der Waals surface area contributed by atoms with Gasteiger partial charge >= 0.3 is 0 Å². The highest BCUT2D eigenvalue weighted by molar-refractivity contribution is 5.44. The summed E-state index contributed by atoms with van der Waals surface area (Å²) in [7, 11) is 0. The fraction of sp³-hybridized carbons (Fsp3) is 0.850. The zero-order valence-corrected chi connectivity index (χ0v) is 16.1. The maximum Gasteiger partial charge on any atom is 0.229 e. The van der Waals surface area contributed by atoms with Crippen molar-refractivity contribution in [3.63, 3.8) is 0 Å². The number of hydrogen-bond donors (Lipinski definition) is 4. The molecule has 0 atom stereocenters. The van der Waals surface area contributed by atoms with Gasteiger partial charge in [-0.1, -0.05) is 0 Å². The van der Waals surface area contributed by atoms with E-state index in [1.165, 1.54) is 57.8 Å². The molecule has 5 aliphatic rings. The SMILES string of the molecule is OCCCNc1nc(NC2CCC2)nc(NC23CC4CC(CC(C4)C2)C3)n1. The highest BCUT2D eigenvalue weighted by Gasteiger charge is 2.51. The van der Waals surface area contributed by atoms with Crippen molar-refractivity contribution in [3.05, 3.63) is 0 Å². The molecule has 5 aliphatic carbocycles. The van der Waals surface area contributed by atoms with E-state index in [0.29, 0.717) is 36.9 Å². The van der Waals surface area contributed by atoms with E-state index in [1.54, 1.807) is 0 Å². The molecule has 0 aromatic carbocycles.